The lowest BCUT2D eigenvalue weighted by atomic mass is 9.92. The summed E-state index contributed by atoms with van der Waals surface area (Å²) < 4.78 is 5.58. The maximum atomic E-state index is 5.58. The topological polar surface area (TPSA) is 76.9 Å². The van der Waals surface area contributed by atoms with Crippen LogP contribution in [0, 0.1) is 0 Å². The molecule has 2 heterocycles. The maximum Gasteiger partial charge on any atom is 0.162 e. The highest BCUT2D eigenvalue weighted by atomic mass is 16.5. The zero-order valence-corrected chi connectivity index (χ0v) is 16.1. The minimum Gasteiger partial charge on any atom is -0.496 e. The van der Waals surface area contributed by atoms with Gasteiger partial charge in [0.25, 0.3) is 0 Å². The Morgan fingerprint density at radius 1 is 1.21 bits per heavy atom. The SMILES string of the molecule is COc1ccc(Cn2ncnn2)cc1CN[C@H]1CCCN[C@H]1c1ccccc1. The van der Waals surface area contributed by atoms with Crippen LogP contribution in [-0.4, -0.2) is 39.9 Å². The molecule has 1 aliphatic rings. The Kier molecular flexibility index (Phi) is 5.94. The number of hydrogen-bond donors (Lipinski definition) is 2. The van der Waals surface area contributed by atoms with E-state index in [0.717, 1.165) is 36.4 Å². The number of aromatic nitrogens is 4. The molecule has 2 aromatic carbocycles. The Bertz CT molecular complexity index is 868. The standard InChI is InChI=1S/C21H26N6O/c1-28-20-10-9-16(14-27-25-15-24-26-27)12-18(20)13-23-19-8-5-11-22-21(19)17-6-3-2-4-7-17/h2-4,6-7,9-10,12,15,19,21-23H,5,8,11,13-14H2,1H3/t19-,21-/m0/s1. The van der Waals surface area contributed by atoms with Crippen molar-refractivity contribution in [1.82, 2.24) is 30.8 Å². The summed E-state index contributed by atoms with van der Waals surface area (Å²) in [7, 11) is 1.71. The summed E-state index contributed by atoms with van der Waals surface area (Å²) in [6.45, 7) is 2.40. The molecule has 7 nitrogen and oxygen atoms in total. The Labute approximate surface area is 165 Å². The van der Waals surface area contributed by atoms with E-state index in [2.05, 4.69) is 62.4 Å². The van der Waals surface area contributed by atoms with Gasteiger partial charge in [0.05, 0.1) is 13.7 Å². The molecule has 28 heavy (non-hydrogen) atoms. The number of methoxy groups -OCH3 is 1. The normalized spacial score (nSPS) is 19.5. The molecule has 0 spiro atoms. The summed E-state index contributed by atoms with van der Waals surface area (Å²) in [5, 5.41) is 19.2. The second-order valence-electron chi connectivity index (χ2n) is 7.08. The van der Waals surface area contributed by atoms with Crippen LogP contribution in [0.5, 0.6) is 5.75 Å². The molecule has 3 aromatic rings. The van der Waals surface area contributed by atoms with Gasteiger partial charge >= 0.3 is 0 Å². The maximum absolute atomic E-state index is 5.58. The van der Waals surface area contributed by atoms with Crippen molar-refractivity contribution in [3.63, 3.8) is 0 Å². The molecule has 4 rings (SSSR count). The first-order valence-electron chi connectivity index (χ1n) is 9.72. The van der Waals surface area contributed by atoms with E-state index < -0.39 is 0 Å². The van der Waals surface area contributed by atoms with Crippen LogP contribution in [0.1, 0.15) is 35.6 Å². The van der Waals surface area contributed by atoms with E-state index in [0.29, 0.717) is 18.6 Å². The lowest BCUT2D eigenvalue weighted by Gasteiger charge is -2.34. The van der Waals surface area contributed by atoms with Gasteiger partial charge in [-0.1, -0.05) is 36.4 Å². The van der Waals surface area contributed by atoms with Crippen molar-refractivity contribution < 1.29 is 4.74 Å². The Morgan fingerprint density at radius 2 is 2.11 bits per heavy atom. The van der Waals surface area contributed by atoms with Gasteiger partial charge in [-0.3, -0.25) is 0 Å². The molecule has 146 valence electrons. The summed E-state index contributed by atoms with van der Waals surface area (Å²) in [6.07, 6.45) is 3.78. The molecule has 0 aliphatic carbocycles. The predicted molar refractivity (Wildman–Crippen MR) is 107 cm³/mol. The lowest BCUT2D eigenvalue weighted by molar-refractivity contribution is 0.303. The summed E-state index contributed by atoms with van der Waals surface area (Å²) in [5.74, 6) is 0.892. The first-order chi connectivity index (χ1) is 13.8. The highest BCUT2D eigenvalue weighted by Gasteiger charge is 2.25. The molecule has 1 aliphatic heterocycles. The first-order valence-corrected chi connectivity index (χ1v) is 9.72. The molecule has 0 bridgehead atoms. The quantitative estimate of drug-likeness (QED) is 0.657. The number of ether oxygens (including phenoxy) is 1. The minimum atomic E-state index is 0.323. The predicted octanol–water partition coefficient (Wildman–Crippen LogP) is 2.31. The number of hydrogen-bond acceptors (Lipinski definition) is 6. The van der Waals surface area contributed by atoms with Crippen molar-refractivity contribution in [1.29, 1.82) is 0 Å². The molecular formula is C21H26N6O. The van der Waals surface area contributed by atoms with Crippen LogP contribution in [0.15, 0.2) is 54.9 Å². The summed E-state index contributed by atoms with van der Waals surface area (Å²) in [5.41, 5.74) is 3.59. The Balaban J connectivity index is 1.48. The number of rotatable bonds is 7. The average Bonchev–Trinajstić information content (AvgIpc) is 3.26. The van der Waals surface area contributed by atoms with Crippen molar-refractivity contribution in [3.05, 3.63) is 71.5 Å². The van der Waals surface area contributed by atoms with Gasteiger partial charge in [0.2, 0.25) is 0 Å². The highest BCUT2D eigenvalue weighted by Crippen LogP contribution is 2.25. The van der Waals surface area contributed by atoms with Gasteiger partial charge in [0, 0.05) is 24.2 Å². The van der Waals surface area contributed by atoms with Crippen LogP contribution >= 0.6 is 0 Å². The molecular weight excluding hydrogens is 352 g/mol. The van der Waals surface area contributed by atoms with Crippen molar-refractivity contribution in [2.45, 2.75) is 38.0 Å². The number of benzene rings is 2. The Morgan fingerprint density at radius 3 is 2.89 bits per heavy atom. The third-order valence-electron chi connectivity index (χ3n) is 5.23. The monoisotopic (exact) mass is 378 g/mol. The first kappa shape index (κ1) is 18.6. The van der Waals surface area contributed by atoms with E-state index in [-0.39, 0.29) is 0 Å². The van der Waals surface area contributed by atoms with Gasteiger partial charge in [0.15, 0.2) is 6.33 Å². The average molecular weight is 378 g/mol. The molecule has 2 N–H and O–H groups in total. The number of piperidine rings is 1. The largest absolute Gasteiger partial charge is 0.496 e. The highest BCUT2D eigenvalue weighted by molar-refractivity contribution is 5.37. The third kappa shape index (κ3) is 4.37. The van der Waals surface area contributed by atoms with Crippen LogP contribution < -0.4 is 15.4 Å². The number of nitrogens with zero attached hydrogens (tertiary/aromatic N) is 4. The fourth-order valence-corrected chi connectivity index (χ4v) is 3.85. The number of nitrogens with one attached hydrogen (secondary N) is 2. The van der Waals surface area contributed by atoms with E-state index >= 15 is 0 Å². The van der Waals surface area contributed by atoms with Gasteiger partial charge in [-0.2, -0.15) is 4.80 Å². The van der Waals surface area contributed by atoms with Gasteiger partial charge in [-0.25, -0.2) is 0 Å². The van der Waals surface area contributed by atoms with Crippen LogP contribution in [0.2, 0.25) is 0 Å². The van der Waals surface area contributed by atoms with Gasteiger partial charge < -0.3 is 15.4 Å². The van der Waals surface area contributed by atoms with Gasteiger partial charge in [-0.15, -0.1) is 10.2 Å². The molecule has 0 radical (unpaired) electrons. The second kappa shape index (κ2) is 8.95. The van der Waals surface area contributed by atoms with E-state index in [9.17, 15) is 0 Å². The summed E-state index contributed by atoms with van der Waals surface area (Å²) in [4.78, 5) is 1.58. The van der Waals surface area contributed by atoms with E-state index in [4.69, 9.17) is 4.74 Å². The van der Waals surface area contributed by atoms with E-state index in [1.807, 2.05) is 12.1 Å². The molecule has 0 unspecified atom stereocenters. The zero-order chi connectivity index (χ0) is 19.2. The second-order valence-corrected chi connectivity index (χ2v) is 7.08. The Hall–Kier alpha value is -2.77. The third-order valence-corrected chi connectivity index (χ3v) is 5.23. The van der Waals surface area contributed by atoms with Crippen molar-refractivity contribution in [2.75, 3.05) is 13.7 Å². The molecule has 0 saturated carbocycles. The zero-order valence-electron chi connectivity index (χ0n) is 16.1. The molecule has 1 saturated heterocycles. The van der Waals surface area contributed by atoms with Crippen LogP contribution in [0.4, 0.5) is 0 Å². The molecule has 7 heteroatoms. The number of tetrazole rings is 1. The lowest BCUT2D eigenvalue weighted by Crippen LogP contribution is -2.45. The summed E-state index contributed by atoms with van der Waals surface area (Å²) in [6, 6.07) is 17.6. The fraction of sp³-hybridized carbons (Fsp3) is 0.381. The minimum absolute atomic E-state index is 0.323. The van der Waals surface area contributed by atoms with Crippen molar-refractivity contribution in [2.24, 2.45) is 0 Å². The molecule has 0 amide bonds. The van der Waals surface area contributed by atoms with Crippen LogP contribution in [0.25, 0.3) is 0 Å². The van der Waals surface area contributed by atoms with Crippen molar-refractivity contribution in [3.8, 4) is 5.75 Å². The molecule has 1 aromatic heterocycles. The van der Waals surface area contributed by atoms with Crippen LogP contribution in [0.3, 0.4) is 0 Å². The smallest absolute Gasteiger partial charge is 0.162 e. The molecule has 1 fully saturated rings. The fourth-order valence-electron chi connectivity index (χ4n) is 3.85. The van der Waals surface area contributed by atoms with Crippen LogP contribution in [-0.2, 0) is 13.1 Å². The summed E-state index contributed by atoms with van der Waals surface area (Å²) >= 11 is 0. The molecule has 2 atom stereocenters. The van der Waals surface area contributed by atoms with Gasteiger partial charge in [0.1, 0.15) is 5.75 Å². The van der Waals surface area contributed by atoms with E-state index in [1.54, 1.807) is 11.9 Å². The van der Waals surface area contributed by atoms with E-state index in [1.165, 1.54) is 18.3 Å². The van der Waals surface area contributed by atoms with Crippen molar-refractivity contribution >= 4 is 0 Å². The van der Waals surface area contributed by atoms with Gasteiger partial charge in [-0.05, 0) is 47.9 Å².